The average molecular weight is 383 g/mol. The number of para-hydroxylation sites is 1. The van der Waals surface area contributed by atoms with Gasteiger partial charge >= 0.3 is 0 Å². The summed E-state index contributed by atoms with van der Waals surface area (Å²) in [7, 11) is 3.82. The first-order valence-electron chi connectivity index (χ1n) is 9.77. The quantitative estimate of drug-likeness (QED) is 0.589. The van der Waals surface area contributed by atoms with Gasteiger partial charge in [0.05, 0.1) is 19.8 Å². The van der Waals surface area contributed by atoms with Crippen molar-refractivity contribution in [2.45, 2.75) is 6.54 Å². The standard InChI is InChI=1S/C22H30N4O2/c1-23-22(25(2)12-17-28-21-6-4-3-5-7-21)24-18-19-8-10-20(11-9-19)26-13-15-27-16-14-26/h3-11H,12-18H2,1-2H3,(H,23,24). The number of hydrogen-bond acceptors (Lipinski definition) is 4. The SMILES string of the molecule is CN=C(NCc1ccc(N2CCOCC2)cc1)N(C)CCOc1ccccc1. The summed E-state index contributed by atoms with van der Waals surface area (Å²) in [6, 6.07) is 18.6. The Morgan fingerprint density at radius 3 is 2.50 bits per heavy atom. The molecular weight excluding hydrogens is 352 g/mol. The molecule has 28 heavy (non-hydrogen) atoms. The maximum atomic E-state index is 5.77. The molecule has 0 bridgehead atoms. The molecule has 6 heteroatoms. The lowest BCUT2D eigenvalue weighted by Crippen LogP contribution is -2.40. The zero-order valence-corrected chi connectivity index (χ0v) is 16.8. The van der Waals surface area contributed by atoms with Gasteiger partial charge < -0.3 is 24.6 Å². The first-order valence-corrected chi connectivity index (χ1v) is 9.77. The number of likely N-dealkylation sites (N-methyl/N-ethyl adjacent to an activating group) is 1. The minimum Gasteiger partial charge on any atom is -0.492 e. The number of anilines is 1. The smallest absolute Gasteiger partial charge is 0.193 e. The van der Waals surface area contributed by atoms with Crippen LogP contribution < -0.4 is 15.0 Å². The average Bonchev–Trinajstić information content (AvgIpc) is 2.76. The predicted molar refractivity (Wildman–Crippen MR) is 114 cm³/mol. The van der Waals surface area contributed by atoms with Gasteiger partial charge in [-0.3, -0.25) is 4.99 Å². The van der Waals surface area contributed by atoms with Crippen molar-refractivity contribution < 1.29 is 9.47 Å². The highest BCUT2D eigenvalue weighted by Crippen LogP contribution is 2.16. The topological polar surface area (TPSA) is 49.3 Å². The molecule has 1 aliphatic rings. The van der Waals surface area contributed by atoms with Crippen LogP contribution in [0.5, 0.6) is 5.75 Å². The van der Waals surface area contributed by atoms with Crippen molar-refractivity contribution in [3.8, 4) is 5.75 Å². The second-order valence-corrected chi connectivity index (χ2v) is 6.75. The highest BCUT2D eigenvalue weighted by atomic mass is 16.5. The van der Waals surface area contributed by atoms with Gasteiger partial charge in [0, 0.05) is 39.4 Å². The molecule has 0 atom stereocenters. The minimum absolute atomic E-state index is 0.607. The van der Waals surface area contributed by atoms with Crippen LogP contribution in [0.25, 0.3) is 0 Å². The van der Waals surface area contributed by atoms with Gasteiger partial charge in [0.15, 0.2) is 5.96 Å². The summed E-state index contributed by atoms with van der Waals surface area (Å²) in [5, 5.41) is 3.42. The van der Waals surface area contributed by atoms with E-state index >= 15 is 0 Å². The fourth-order valence-corrected chi connectivity index (χ4v) is 3.14. The number of hydrogen-bond donors (Lipinski definition) is 1. The Hall–Kier alpha value is -2.73. The Kier molecular flexibility index (Phi) is 7.55. The molecule has 0 amide bonds. The molecule has 0 aliphatic carbocycles. The maximum Gasteiger partial charge on any atom is 0.193 e. The lowest BCUT2D eigenvalue weighted by atomic mass is 10.2. The van der Waals surface area contributed by atoms with Crippen LogP contribution in [-0.4, -0.2) is 64.4 Å². The number of morpholine rings is 1. The summed E-state index contributed by atoms with van der Waals surface area (Å²) in [6.07, 6.45) is 0. The maximum absolute atomic E-state index is 5.77. The fourth-order valence-electron chi connectivity index (χ4n) is 3.14. The van der Waals surface area contributed by atoms with Crippen LogP contribution in [0.2, 0.25) is 0 Å². The van der Waals surface area contributed by atoms with Gasteiger partial charge in [-0.1, -0.05) is 30.3 Å². The van der Waals surface area contributed by atoms with Gasteiger partial charge in [-0.05, 0) is 29.8 Å². The minimum atomic E-state index is 0.607. The molecule has 1 saturated heterocycles. The Morgan fingerprint density at radius 2 is 1.82 bits per heavy atom. The molecule has 0 radical (unpaired) electrons. The zero-order valence-electron chi connectivity index (χ0n) is 16.8. The molecule has 0 spiro atoms. The lowest BCUT2D eigenvalue weighted by molar-refractivity contribution is 0.122. The van der Waals surface area contributed by atoms with Crippen LogP contribution in [0.15, 0.2) is 59.6 Å². The molecule has 1 aliphatic heterocycles. The van der Waals surface area contributed by atoms with Crippen molar-refractivity contribution >= 4 is 11.6 Å². The van der Waals surface area contributed by atoms with Crippen LogP contribution in [-0.2, 0) is 11.3 Å². The van der Waals surface area contributed by atoms with Gasteiger partial charge in [-0.2, -0.15) is 0 Å². The van der Waals surface area contributed by atoms with Gasteiger partial charge in [-0.25, -0.2) is 0 Å². The van der Waals surface area contributed by atoms with Crippen LogP contribution in [0.3, 0.4) is 0 Å². The van der Waals surface area contributed by atoms with E-state index in [1.165, 1.54) is 11.3 Å². The molecule has 0 aromatic heterocycles. The molecule has 150 valence electrons. The summed E-state index contributed by atoms with van der Waals surface area (Å²) in [5.41, 5.74) is 2.48. The molecule has 0 unspecified atom stereocenters. The Bertz CT molecular complexity index is 728. The highest BCUT2D eigenvalue weighted by Gasteiger charge is 2.11. The molecule has 2 aromatic rings. The van der Waals surface area contributed by atoms with E-state index in [4.69, 9.17) is 9.47 Å². The van der Waals surface area contributed by atoms with Crippen LogP contribution >= 0.6 is 0 Å². The molecular formula is C22H30N4O2. The Balaban J connectivity index is 1.43. The summed E-state index contributed by atoms with van der Waals surface area (Å²) in [4.78, 5) is 8.81. The van der Waals surface area contributed by atoms with E-state index in [1.54, 1.807) is 7.05 Å². The second-order valence-electron chi connectivity index (χ2n) is 6.75. The number of benzene rings is 2. The zero-order chi connectivity index (χ0) is 19.6. The molecule has 2 aromatic carbocycles. The number of nitrogens with one attached hydrogen (secondary N) is 1. The fraction of sp³-hybridized carbons (Fsp3) is 0.409. The van der Waals surface area contributed by atoms with Crippen molar-refractivity contribution in [2.24, 2.45) is 4.99 Å². The van der Waals surface area contributed by atoms with E-state index in [0.29, 0.717) is 6.61 Å². The number of aliphatic imine (C=N–C) groups is 1. The molecule has 6 nitrogen and oxygen atoms in total. The van der Waals surface area contributed by atoms with E-state index in [9.17, 15) is 0 Å². The first-order chi connectivity index (χ1) is 13.8. The third kappa shape index (κ3) is 5.89. The third-order valence-corrected chi connectivity index (χ3v) is 4.78. The van der Waals surface area contributed by atoms with Crippen molar-refractivity contribution in [3.05, 3.63) is 60.2 Å². The van der Waals surface area contributed by atoms with Crippen LogP contribution in [0.1, 0.15) is 5.56 Å². The van der Waals surface area contributed by atoms with E-state index in [0.717, 1.165) is 51.1 Å². The molecule has 1 N–H and O–H groups in total. The molecule has 1 heterocycles. The van der Waals surface area contributed by atoms with Crippen molar-refractivity contribution in [3.63, 3.8) is 0 Å². The molecule has 1 fully saturated rings. The number of guanidine groups is 1. The van der Waals surface area contributed by atoms with Gasteiger partial charge in [0.1, 0.15) is 12.4 Å². The molecule has 0 saturated carbocycles. The van der Waals surface area contributed by atoms with Crippen LogP contribution in [0.4, 0.5) is 5.69 Å². The highest BCUT2D eigenvalue weighted by molar-refractivity contribution is 5.79. The van der Waals surface area contributed by atoms with Crippen LogP contribution in [0, 0.1) is 0 Å². The van der Waals surface area contributed by atoms with Crippen molar-refractivity contribution in [2.75, 3.05) is 58.5 Å². The predicted octanol–water partition coefficient (Wildman–Crippen LogP) is 2.61. The molecule has 3 rings (SSSR count). The summed E-state index contributed by atoms with van der Waals surface area (Å²) in [5.74, 6) is 1.74. The second kappa shape index (κ2) is 10.6. The van der Waals surface area contributed by atoms with E-state index < -0.39 is 0 Å². The van der Waals surface area contributed by atoms with Gasteiger partial charge in [0.2, 0.25) is 0 Å². The third-order valence-electron chi connectivity index (χ3n) is 4.78. The first kappa shape index (κ1) is 20.0. The normalized spacial score (nSPS) is 14.6. The van der Waals surface area contributed by atoms with Gasteiger partial charge in [-0.15, -0.1) is 0 Å². The van der Waals surface area contributed by atoms with E-state index in [1.807, 2.05) is 37.4 Å². The number of nitrogens with zero attached hydrogens (tertiary/aromatic N) is 3. The van der Waals surface area contributed by atoms with Crippen molar-refractivity contribution in [1.29, 1.82) is 0 Å². The number of rotatable bonds is 7. The summed E-state index contributed by atoms with van der Waals surface area (Å²) < 4.78 is 11.2. The lowest BCUT2D eigenvalue weighted by Gasteiger charge is -2.29. The van der Waals surface area contributed by atoms with E-state index in [2.05, 4.69) is 44.4 Å². The monoisotopic (exact) mass is 382 g/mol. The Morgan fingerprint density at radius 1 is 1.11 bits per heavy atom. The summed E-state index contributed by atoms with van der Waals surface area (Å²) >= 11 is 0. The summed E-state index contributed by atoms with van der Waals surface area (Å²) in [6.45, 7) is 5.63. The van der Waals surface area contributed by atoms with E-state index in [-0.39, 0.29) is 0 Å². The Labute approximate surface area is 167 Å². The van der Waals surface area contributed by atoms with Crippen molar-refractivity contribution in [1.82, 2.24) is 10.2 Å². The van der Waals surface area contributed by atoms with Gasteiger partial charge in [0.25, 0.3) is 0 Å². The largest absolute Gasteiger partial charge is 0.492 e. The number of ether oxygens (including phenoxy) is 2.